The SMILES string of the molecule is Cc1ccc(Cn2cc(CNCc3ccncc3)c3ccccc32)cc1. The van der Waals surface area contributed by atoms with E-state index in [2.05, 4.69) is 76.5 Å². The third-order valence-corrected chi connectivity index (χ3v) is 4.74. The van der Waals surface area contributed by atoms with Gasteiger partial charge in [-0.05, 0) is 41.8 Å². The highest BCUT2D eigenvalue weighted by molar-refractivity contribution is 5.84. The molecule has 0 amide bonds. The summed E-state index contributed by atoms with van der Waals surface area (Å²) in [6, 6.07) is 21.5. The molecule has 0 radical (unpaired) electrons. The molecule has 0 saturated heterocycles. The Bertz CT molecular complexity index is 985. The average molecular weight is 341 g/mol. The lowest BCUT2D eigenvalue weighted by Crippen LogP contribution is -2.12. The second-order valence-electron chi connectivity index (χ2n) is 6.74. The van der Waals surface area contributed by atoms with E-state index in [1.54, 1.807) is 0 Å². The summed E-state index contributed by atoms with van der Waals surface area (Å²) < 4.78 is 2.35. The van der Waals surface area contributed by atoms with Gasteiger partial charge in [-0.2, -0.15) is 0 Å². The fourth-order valence-electron chi connectivity index (χ4n) is 3.33. The highest BCUT2D eigenvalue weighted by Gasteiger charge is 2.08. The van der Waals surface area contributed by atoms with Crippen molar-refractivity contribution in [1.29, 1.82) is 0 Å². The van der Waals surface area contributed by atoms with Gasteiger partial charge in [0.15, 0.2) is 0 Å². The zero-order valence-corrected chi connectivity index (χ0v) is 15.0. The van der Waals surface area contributed by atoms with Gasteiger partial charge >= 0.3 is 0 Å². The Morgan fingerprint density at radius 2 is 1.62 bits per heavy atom. The summed E-state index contributed by atoms with van der Waals surface area (Å²) in [4.78, 5) is 4.07. The van der Waals surface area contributed by atoms with E-state index >= 15 is 0 Å². The predicted molar refractivity (Wildman–Crippen MR) is 107 cm³/mol. The van der Waals surface area contributed by atoms with Crippen molar-refractivity contribution in [3.05, 3.63) is 102 Å². The van der Waals surface area contributed by atoms with Crippen molar-refractivity contribution in [3.63, 3.8) is 0 Å². The molecule has 26 heavy (non-hydrogen) atoms. The number of fused-ring (bicyclic) bond motifs is 1. The Hall–Kier alpha value is -2.91. The summed E-state index contributed by atoms with van der Waals surface area (Å²) in [6.45, 7) is 4.72. The van der Waals surface area contributed by atoms with Gasteiger partial charge in [0.2, 0.25) is 0 Å². The van der Waals surface area contributed by atoms with Gasteiger partial charge in [-0.3, -0.25) is 4.98 Å². The molecule has 0 atom stereocenters. The Morgan fingerprint density at radius 3 is 2.42 bits per heavy atom. The smallest absolute Gasteiger partial charge is 0.0486 e. The summed E-state index contributed by atoms with van der Waals surface area (Å²) in [5, 5.41) is 4.87. The van der Waals surface area contributed by atoms with Gasteiger partial charge in [0.25, 0.3) is 0 Å². The molecule has 3 heteroatoms. The van der Waals surface area contributed by atoms with Crippen LogP contribution >= 0.6 is 0 Å². The van der Waals surface area contributed by atoms with Crippen LogP contribution in [0.3, 0.4) is 0 Å². The number of para-hydroxylation sites is 1. The van der Waals surface area contributed by atoms with Crippen LogP contribution < -0.4 is 5.32 Å². The van der Waals surface area contributed by atoms with Gasteiger partial charge in [-0.15, -0.1) is 0 Å². The summed E-state index contributed by atoms with van der Waals surface area (Å²) in [7, 11) is 0. The van der Waals surface area contributed by atoms with Crippen molar-refractivity contribution in [2.75, 3.05) is 0 Å². The fourth-order valence-corrected chi connectivity index (χ4v) is 3.33. The van der Waals surface area contributed by atoms with Gasteiger partial charge in [0.1, 0.15) is 0 Å². The highest BCUT2D eigenvalue weighted by atomic mass is 15.0. The Labute approximate surface area is 154 Å². The van der Waals surface area contributed by atoms with Gasteiger partial charge in [-0.25, -0.2) is 0 Å². The monoisotopic (exact) mass is 341 g/mol. The Balaban J connectivity index is 1.54. The summed E-state index contributed by atoms with van der Waals surface area (Å²) in [6.07, 6.45) is 5.96. The number of nitrogens with one attached hydrogen (secondary N) is 1. The summed E-state index contributed by atoms with van der Waals surface area (Å²) in [5.41, 5.74) is 6.50. The van der Waals surface area contributed by atoms with E-state index in [4.69, 9.17) is 0 Å². The highest BCUT2D eigenvalue weighted by Crippen LogP contribution is 2.22. The molecule has 2 heterocycles. The van der Waals surface area contributed by atoms with Crippen molar-refractivity contribution in [3.8, 4) is 0 Å². The van der Waals surface area contributed by atoms with Crippen LogP contribution in [-0.4, -0.2) is 9.55 Å². The topological polar surface area (TPSA) is 29.9 Å². The second-order valence-corrected chi connectivity index (χ2v) is 6.74. The minimum absolute atomic E-state index is 0.847. The molecule has 0 unspecified atom stereocenters. The van der Waals surface area contributed by atoms with Crippen LogP contribution in [0.25, 0.3) is 10.9 Å². The third-order valence-electron chi connectivity index (χ3n) is 4.74. The molecule has 4 aromatic rings. The number of hydrogen-bond acceptors (Lipinski definition) is 2. The molecule has 0 saturated carbocycles. The van der Waals surface area contributed by atoms with E-state index in [-0.39, 0.29) is 0 Å². The van der Waals surface area contributed by atoms with Crippen LogP contribution in [-0.2, 0) is 19.6 Å². The quantitative estimate of drug-likeness (QED) is 0.552. The van der Waals surface area contributed by atoms with Crippen LogP contribution in [0.5, 0.6) is 0 Å². The standard InChI is InChI=1S/C23H23N3/c1-18-6-8-20(9-7-18)16-26-17-21(22-4-2-3-5-23(22)26)15-25-14-19-10-12-24-13-11-19/h2-13,17,25H,14-16H2,1H3. The molecular weight excluding hydrogens is 318 g/mol. The maximum absolute atomic E-state index is 4.07. The summed E-state index contributed by atoms with van der Waals surface area (Å²) in [5.74, 6) is 0. The first kappa shape index (κ1) is 16.6. The lowest BCUT2D eigenvalue weighted by Gasteiger charge is -2.06. The first-order chi connectivity index (χ1) is 12.8. The van der Waals surface area contributed by atoms with E-state index in [0.29, 0.717) is 0 Å². The normalized spacial score (nSPS) is 11.1. The van der Waals surface area contributed by atoms with E-state index in [1.807, 2.05) is 24.5 Å². The fraction of sp³-hybridized carbons (Fsp3) is 0.174. The zero-order valence-electron chi connectivity index (χ0n) is 15.0. The van der Waals surface area contributed by atoms with Crippen LogP contribution in [0, 0.1) is 6.92 Å². The van der Waals surface area contributed by atoms with Gasteiger partial charge in [0, 0.05) is 49.1 Å². The van der Waals surface area contributed by atoms with E-state index in [9.17, 15) is 0 Å². The molecule has 0 aliphatic heterocycles. The van der Waals surface area contributed by atoms with E-state index < -0.39 is 0 Å². The van der Waals surface area contributed by atoms with Crippen molar-refractivity contribution in [1.82, 2.24) is 14.9 Å². The molecule has 1 N–H and O–H groups in total. The van der Waals surface area contributed by atoms with Gasteiger partial charge in [-0.1, -0.05) is 48.0 Å². The van der Waals surface area contributed by atoms with Crippen LogP contribution in [0.1, 0.15) is 22.3 Å². The minimum Gasteiger partial charge on any atom is -0.343 e. The molecule has 0 aliphatic carbocycles. The molecule has 2 aromatic carbocycles. The van der Waals surface area contributed by atoms with Crippen LogP contribution in [0.2, 0.25) is 0 Å². The van der Waals surface area contributed by atoms with E-state index in [0.717, 1.165) is 19.6 Å². The molecule has 0 fully saturated rings. The maximum Gasteiger partial charge on any atom is 0.0486 e. The predicted octanol–water partition coefficient (Wildman–Crippen LogP) is 4.68. The second kappa shape index (κ2) is 7.54. The number of hydrogen-bond donors (Lipinski definition) is 1. The number of benzene rings is 2. The molecule has 0 aliphatic rings. The molecule has 2 aromatic heterocycles. The number of aromatic nitrogens is 2. The molecule has 130 valence electrons. The van der Waals surface area contributed by atoms with Crippen molar-refractivity contribution in [2.24, 2.45) is 0 Å². The minimum atomic E-state index is 0.847. The summed E-state index contributed by atoms with van der Waals surface area (Å²) >= 11 is 0. The average Bonchev–Trinajstić information content (AvgIpc) is 3.02. The first-order valence-electron chi connectivity index (χ1n) is 9.01. The molecule has 0 spiro atoms. The van der Waals surface area contributed by atoms with Crippen molar-refractivity contribution < 1.29 is 0 Å². The first-order valence-corrected chi connectivity index (χ1v) is 9.01. The molecule has 0 bridgehead atoms. The Morgan fingerprint density at radius 1 is 0.846 bits per heavy atom. The number of aryl methyl sites for hydroxylation is 1. The zero-order chi connectivity index (χ0) is 17.8. The molecule has 3 nitrogen and oxygen atoms in total. The lowest BCUT2D eigenvalue weighted by atomic mass is 10.1. The van der Waals surface area contributed by atoms with Crippen molar-refractivity contribution >= 4 is 10.9 Å². The number of rotatable bonds is 6. The van der Waals surface area contributed by atoms with E-state index in [1.165, 1.54) is 33.2 Å². The van der Waals surface area contributed by atoms with Gasteiger partial charge in [0.05, 0.1) is 0 Å². The maximum atomic E-state index is 4.07. The van der Waals surface area contributed by atoms with Crippen LogP contribution in [0.15, 0.2) is 79.3 Å². The Kier molecular flexibility index (Phi) is 4.80. The largest absolute Gasteiger partial charge is 0.343 e. The number of pyridine rings is 1. The molecular formula is C23H23N3. The number of nitrogens with zero attached hydrogens (tertiary/aromatic N) is 2. The van der Waals surface area contributed by atoms with Crippen molar-refractivity contribution in [2.45, 2.75) is 26.6 Å². The third kappa shape index (κ3) is 3.68. The lowest BCUT2D eigenvalue weighted by molar-refractivity contribution is 0.692. The van der Waals surface area contributed by atoms with Crippen LogP contribution in [0.4, 0.5) is 0 Å². The molecule has 4 rings (SSSR count). The van der Waals surface area contributed by atoms with Gasteiger partial charge < -0.3 is 9.88 Å².